The van der Waals surface area contributed by atoms with Gasteiger partial charge in [-0.25, -0.2) is 0 Å². The standard InChI is InChI=1S/C19H21NO4/c1-23-17-10-9-15(12-18(17)24-2)16(21)13-20-19(22)11-8-14-6-4-3-5-7-14/h3-12,16,21H,13H2,1-2H3,(H,20,22)/b11-8+. The van der Waals surface area contributed by atoms with E-state index in [4.69, 9.17) is 9.47 Å². The highest BCUT2D eigenvalue weighted by Gasteiger charge is 2.12. The Morgan fingerprint density at radius 1 is 1.12 bits per heavy atom. The van der Waals surface area contributed by atoms with E-state index in [0.717, 1.165) is 5.56 Å². The first kappa shape index (κ1) is 17.6. The van der Waals surface area contributed by atoms with Crippen molar-refractivity contribution in [2.45, 2.75) is 6.10 Å². The Labute approximate surface area is 141 Å². The number of aliphatic hydroxyl groups excluding tert-OH is 1. The Bertz CT molecular complexity index is 698. The van der Waals surface area contributed by atoms with Crippen LogP contribution in [0.1, 0.15) is 17.2 Å². The summed E-state index contributed by atoms with van der Waals surface area (Å²) in [5.41, 5.74) is 1.58. The lowest BCUT2D eigenvalue weighted by Gasteiger charge is -2.14. The van der Waals surface area contributed by atoms with Crippen molar-refractivity contribution in [3.05, 3.63) is 65.7 Å². The van der Waals surface area contributed by atoms with Crippen molar-refractivity contribution in [2.75, 3.05) is 20.8 Å². The predicted molar refractivity (Wildman–Crippen MR) is 93.0 cm³/mol. The maximum Gasteiger partial charge on any atom is 0.244 e. The molecule has 5 heteroatoms. The lowest BCUT2D eigenvalue weighted by atomic mass is 10.1. The van der Waals surface area contributed by atoms with Crippen molar-refractivity contribution in [3.8, 4) is 11.5 Å². The Kier molecular flexibility index (Phi) is 6.40. The first-order valence-electron chi connectivity index (χ1n) is 7.55. The van der Waals surface area contributed by atoms with Crippen LogP contribution in [0.15, 0.2) is 54.6 Å². The van der Waals surface area contributed by atoms with Gasteiger partial charge in [0.05, 0.1) is 20.3 Å². The molecule has 1 atom stereocenters. The number of amides is 1. The molecule has 2 aromatic rings. The molecule has 0 saturated carbocycles. The fourth-order valence-electron chi connectivity index (χ4n) is 2.17. The van der Waals surface area contributed by atoms with E-state index >= 15 is 0 Å². The number of rotatable bonds is 7. The number of methoxy groups -OCH3 is 2. The third-order valence-corrected chi connectivity index (χ3v) is 3.49. The quantitative estimate of drug-likeness (QED) is 0.767. The van der Waals surface area contributed by atoms with Crippen LogP contribution in [0.4, 0.5) is 0 Å². The Balaban J connectivity index is 1.91. The van der Waals surface area contributed by atoms with Gasteiger partial charge >= 0.3 is 0 Å². The number of carbonyl (C=O) groups excluding carboxylic acids is 1. The van der Waals surface area contributed by atoms with Gasteiger partial charge in [0.25, 0.3) is 0 Å². The summed E-state index contributed by atoms with van der Waals surface area (Å²) in [5.74, 6) is 0.853. The molecule has 2 N–H and O–H groups in total. The fourth-order valence-corrected chi connectivity index (χ4v) is 2.17. The molecule has 0 fully saturated rings. The van der Waals surface area contributed by atoms with Gasteiger partial charge in [-0.05, 0) is 29.3 Å². The van der Waals surface area contributed by atoms with Crippen molar-refractivity contribution >= 4 is 12.0 Å². The number of nitrogens with one attached hydrogen (secondary N) is 1. The van der Waals surface area contributed by atoms with Crippen LogP contribution < -0.4 is 14.8 Å². The van der Waals surface area contributed by atoms with E-state index in [0.29, 0.717) is 17.1 Å². The molecular weight excluding hydrogens is 306 g/mol. The van der Waals surface area contributed by atoms with Crippen molar-refractivity contribution in [1.82, 2.24) is 5.32 Å². The molecule has 1 unspecified atom stereocenters. The molecule has 0 saturated heterocycles. The van der Waals surface area contributed by atoms with Crippen LogP contribution >= 0.6 is 0 Å². The van der Waals surface area contributed by atoms with Gasteiger partial charge in [-0.15, -0.1) is 0 Å². The van der Waals surface area contributed by atoms with Crippen LogP contribution in [0.3, 0.4) is 0 Å². The Morgan fingerprint density at radius 2 is 1.83 bits per heavy atom. The van der Waals surface area contributed by atoms with Gasteiger partial charge in [-0.1, -0.05) is 36.4 Å². The van der Waals surface area contributed by atoms with E-state index in [2.05, 4.69) is 5.32 Å². The second-order valence-electron chi connectivity index (χ2n) is 5.12. The summed E-state index contributed by atoms with van der Waals surface area (Å²) in [5, 5.41) is 12.9. The first-order chi connectivity index (χ1) is 11.6. The average molecular weight is 327 g/mol. The van der Waals surface area contributed by atoms with Crippen molar-refractivity contribution in [2.24, 2.45) is 0 Å². The summed E-state index contributed by atoms with van der Waals surface area (Å²) in [6.07, 6.45) is 2.33. The van der Waals surface area contributed by atoms with Gasteiger partial charge in [0.2, 0.25) is 5.91 Å². The topological polar surface area (TPSA) is 67.8 Å². The van der Waals surface area contributed by atoms with E-state index in [1.807, 2.05) is 30.3 Å². The minimum absolute atomic E-state index is 0.105. The lowest BCUT2D eigenvalue weighted by molar-refractivity contribution is -0.116. The minimum atomic E-state index is -0.834. The summed E-state index contributed by atoms with van der Waals surface area (Å²) in [6.45, 7) is 0.105. The van der Waals surface area contributed by atoms with Crippen LogP contribution in [0, 0.1) is 0 Å². The van der Waals surface area contributed by atoms with Crippen LogP contribution in [-0.4, -0.2) is 31.8 Å². The molecule has 0 aromatic heterocycles. The number of aliphatic hydroxyl groups is 1. The SMILES string of the molecule is COc1ccc(C(O)CNC(=O)/C=C/c2ccccc2)cc1OC. The molecule has 0 heterocycles. The maximum absolute atomic E-state index is 11.8. The summed E-state index contributed by atoms with van der Waals surface area (Å²) in [6, 6.07) is 14.7. The van der Waals surface area contributed by atoms with Crippen LogP contribution in [-0.2, 0) is 4.79 Å². The Morgan fingerprint density at radius 3 is 2.50 bits per heavy atom. The molecule has 1 amide bonds. The highest BCUT2D eigenvalue weighted by molar-refractivity contribution is 5.91. The summed E-state index contributed by atoms with van der Waals surface area (Å²) < 4.78 is 10.4. The fraction of sp³-hybridized carbons (Fsp3) is 0.211. The number of carbonyl (C=O) groups is 1. The zero-order chi connectivity index (χ0) is 17.4. The Hall–Kier alpha value is -2.79. The molecule has 24 heavy (non-hydrogen) atoms. The molecule has 5 nitrogen and oxygen atoms in total. The predicted octanol–water partition coefficient (Wildman–Crippen LogP) is 2.57. The number of hydrogen-bond donors (Lipinski definition) is 2. The van der Waals surface area contributed by atoms with Crippen LogP contribution in [0.5, 0.6) is 11.5 Å². The molecule has 126 valence electrons. The third-order valence-electron chi connectivity index (χ3n) is 3.49. The van der Waals surface area contributed by atoms with Gasteiger partial charge in [0.15, 0.2) is 11.5 Å². The molecule has 2 rings (SSSR count). The summed E-state index contributed by atoms with van der Waals surface area (Å²) >= 11 is 0. The molecule has 0 aliphatic rings. The first-order valence-corrected chi connectivity index (χ1v) is 7.55. The molecule has 0 bridgehead atoms. The third kappa shape index (κ3) is 4.86. The lowest BCUT2D eigenvalue weighted by Crippen LogP contribution is -2.26. The minimum Gasteiger partial charge on any atom is -0.493 e. The summed E-state index contributed by atoms with van der Waals surface area (Å²) in [4.78, 5) is 11.8. The second-order valence-corrected chi connectivity index (χ2v) is 5.12. The van der Waals surface area contributed by atoms with Crippen LogP contribution in [0.25, 0.3) is 6.08 Å². The van der Waals surface area contributed by atoms with Gasteiger partial charge in [0, 0.05) is 12.6 Å². The van der Waals surface area contributed by atoms with Crippen molar-refractivity contribution < 1.29 is 19.4 Å². The van der Waals surface area contributed by atoms with E-state index < -0.39 is 6.10 Å². The molecule has 0 radical (unpaired) electrons. The van der Waals surface area contributed by atoms with Gasteiger partial charge in [-0.2, -0.15) is 0 Å². The summed E-state index contributed by atoms with van der Waals surface area (Å²) in [7, 11) is 3.08. The zero-order valence-corrected chi connectivity index (χ0v) is 13.7. The van der Waals surface area contributed by atoms with Gasteiger partial charge in [0.1, 0.15) is 0 Å². The molecule has 0 spiro atoms. The largest absolute Gasteiger partial charge is 0.493 e. The second kappa shape index (κ2) is 8.74. The highest BCUT2D eigenvalue weighted by atomic mass is 16.5. The molecular formula is C19H21NO4. The van der Waals surface area contributed by atoms with Crippen molar-refractivity contribution in [1.29, 1.82) is 0 Å². The maximum atomic E-state index is 11.8. The number of hydrogen-bond acceptors (Lipinski definition) is 4. The van der Waals surface area contributed by atoms with Gasteiger partial charge in [-0.3, -0.25) is 4.79 Å². The highest BCUT2D eigenvalue weighted by Crippen LogP contribution is 2.29. The zero-order valence-electron chi connectivity index (χ0n) is 13.7. The van der Waals surface area contributed by atoms with E-state index in [1.54, 1.807) is 31.4 Å². The monoisotopic (exact) mass is 327 g/mol. The van der Waals surface area contributed by atoms with Crippen molar-refractivity contribution in [3.63, 3.8) is 0 Å². The van der Waals surface area contributed by atoms with Gasteiger partial charge < -0.3 is 19.9 Å². The number of benzene rings is 2. The van der Waals surface area contributed by atoms with E-state index in [-0.39, 0.29) is 12.5 Å². The van der Waals surface area contributed by atoms with Crippen LogP contribution in [0.2, 0.25) is 0 Å². The normalized spacial score (nSPS) is 12.0. The molecule has 2 aromatic carbocycles. The smallest absolute Gasteiger partial charge is 0.244 e. The average Bonchev–Trinajstić information content (AvgIpc) is 2.64. The molecule has 0 aliphatic carbocycles. The molecule has 0 aliphatic heterocycles. The number of ether oxygens (including phenoxy) is 2. The van der Waals surface area contributed by atoms with E-state index in [9.17, 15) is 9.90 Å². The van der Waals surface area contributed by atoms with E-state index in [1.165, 1.54) is 13.2 Å².